The lowest BCUT2D eigenvalue weighted by Gasteiger charge is -2.23. The molecule has 4 aromatic carbocycles. The lowest BCUT2D eigenvalue weighted by molar-refractivity contribution is -0.132. The Balaban J connectivity index is 0.700. The number of likely N-dealkylation sites (tertiary alicyclic amines) is 1. The Bertz CT molecular complexity index is 2280. The van der Waals surface area contributed by atoms with Crippen LogP contribution in [0.15, 0.2) is 108 Å². The number of phenolic OH excluding ortho intramolecular Hbond substituents is 1. The predicted octanol–water partition coefficient (Wildman–Crippen LogP) is 6.62. The fraction of sp³-hybridized carbons (Fsp3) is 0.396. The Morgan fingerprint density at radius 3 is 2.37 bits per heavy atom. The van der Waals surface area contributed by atoms with Crippen molar-refractivity contribution >= 4 is 28.6 Å². The normalized spacial score (nSPS) is 19.2. The van der Waals surface area contributed by atoms with Gasteiger partial charge in [-0.05, 0) is 84.4 Å². The fourth-order valence-corrected chi connectivity index (χ4v) is 8.98. The standard InChI is InChI=1S/C48H55N5O7/c54-43-18-16-40(41-17-19-45(56)51-47(41)43)44(55)28-49-22-23-53(37-14-15-37)46(57)21-25-59-24-20-32-10-12-33(13-11-32)29-52-30-35-26-38(27-36(35)31-52)60-48(58)50-42-9-5-4-8-39(42)34-6-2-1-3-7-34/h1-13,16-19,35-38,44,49,54-55H,14-15,20-31H2,(H,50,58)(H,51,56)/t35-,36+,38?,44-/m0/s1. The van der Waals surface area contributed by atoms with Gasteiger partial charge in [0, 0.05) is 62.3 Å². The van der Waals surface area contributed by atoms with Crippen molar-refractivity contribution in [1.82, 2.24) is 20.1 Å². The lowest BCUT2D eigenvalue weighted by atomic mass is 10.0. The minimum Gasteiger partial charge on any atom is -0.506 e. The van der Waals surface area contributed by atoms with Crippen LogP contribution in [-0.2, 0) is 27.2 Å². The van der Waals surface area contributed by atoms with Gasteiger partial charge in [-0.25, -0.2) is 4.79 Å². The summed E-state index contributed by atoms with van der Waals surface area (Å²) in [6.45, 7) is 5.19. The number of carbonyl (C=O) groups is 2. The third kappa shape index (κ3) is 10.4. The molecule has 60 heavy (non-hydrogen) atoms. The zero-order chi connectivity index (χ0) is 41.4. The second kappa shape index (κ2) is 19.2. The van der Waals surface area contributed by atoms with Gasteiger partial charge in [0.1, 0.15) is 11.9 Å². The number of aromatic hydroxyl groups is 1. The topological polar surface area (TPSA) is 156 Å². The molecule has 12 heteroatoms. The maximum atomic E-state index is 13.1. The average molecular weight is 814 g/mol. The summed E-state index contributed by atoms with van der Waals surface area (Å²) in [5.41, 5.74) is 5.84. The van der Waals surface area contributed by atoms with Crippen LogP contribution in [0.4, 0.5) is 10.5 Å². The number of aromatic nitrogens is 1. The molecule has 3 fully saturated rings. The number of nitrogens with zero attached hydrogens (tertiary/aromatic N) is 2. The fourth-order valence-electron chi connectivity index (χ4n) is 8.98. The Kier molecular flexibility index (Phi) is 13.2. The zero-order valence-electron chi connectivity index (χ0n) is 33.9. The first-order valence-electron chi connectivity index (χ1n) is 21.3. The number of aliphatic hydroxyl groups is 1. The summed E-state index contributed by atoms with van der Waals surface area (Å²) in [5.74, 6) is 1.10. The van der Waals surface area contributed by atoms with Crippen LogP contribution in [0.25, 0.3) is 22.0 Å². The highest BCUT2D eigenvalue weighted by molar-refractivity contribution is 5.91. The number of carbonyl (C=O) groups excluding carboxylic acids is 2. The number of hydrogen-bond acceptors (Lipinski definition) is 9. The van der Waals surface area contributed by atoms with E-state index in [0.717, 1.165) is 68.6 Å². The summed E-state index contributed by atoms with van der Waals surface area (Å²) in [5, 5.41) is 27.8. The van der Waals surface area contributed by atoms with E-state index in [1.807, 2.05) is 59.5 Å². The molecule has 2 saturated carbocycles. The number of phenols is 1. The number of fused-ring (bicyclic) bond motifs is 2. The highest BCUT2D eigenvalue weighted by atomic mass is 16.6. The number of aromatic amines is 1. The van der Waals surface area contributed by atoms with Crippen molar-refractivity contribution < 1.29 is 29.3 Å². The molecule has 314 valence electrons. The molecule has 1 unspecified atom stereocenters. The first-order chi connectivity index (χ1) is 29.3. The van der Waals surface area contributed by atoms with E-state index in [2.05, 4.69) is 44.8 Å². The number of benzene rings is 4. The van der Waals surface area contributed by atoms with Crippen LogP contribution in [0, 0.1) is 11.8 Å². The number of hydrogen-bond donors (Lipinski definition) is 5. The number of rotatable bonds is 18. The van der Waals surface area contributed by atoms with Crippen molar-refractivity contribution in [1.29, 1.82) is 0 Å². The van der Waals surface area contributed by atoms with Crippen LogP contribution in [-0.4, -0.2) is 95.1 Å². The van der Waals surface area contributed by atoms with E-state index in [9.17, 15) is 24.6 Å². The first kappa shape index (κ1) is 41.2. The van der Waals surface area contributed by atoms with Gasteiger partial charge in [0.25, 0.3) is 0 Å². The molecule has 12 nitrogen and oxygen atoms in total. The monoisotopic (exact) mass is 813 g/mol. The lowest BCUT2D eigenvalue weighted by Crippen LogP contribution is -2.39. The molecular formula is C48H55N5O7. The maximum absolute atomic E-state index is 13.1. The number of H-pyrrole nitrogens is 1. The highest BCUT2D eigenvalue weighted by Gasteiger charge is 2.42. The molecular weight excluding hydrogens is 759 g/mol. The molecule has 1 saturated heterocycles. The van der Waals surface area contributed by atoms with Gasteiger partial charge in [0.05, 0.1) is 36.9 Å². The van der Waals surface area contributed by atoms with Crippen molar-refractivity contribution in [3.8, 4) is 16.9 Å². The molecule has 0 radical (unpaired) electrons. The van der Waals surface area contributed by atoms with Gasteiger partial charge in [0.15, 0.2) is 0 Å². The summed E-state index contributed by atoms with van der Waals surface area (Å²) in [7, 11) is 0. The Hall–Kier alpha value is -5.53. The van der Waals surface area contributed by atoms with E-state index in [1.54, 1.807) is 12.1 Å². The molecule has 2 aliphatic carbocycles. The van der Waals surface area contributed by atoms with Crippen LogP contribution in [0.1, 0.15) is 54.9 Å². The predicted molar refractivity (Wildman–Crippen MR) is 232 cm³/mol. The van der Waals surface area contributed by atoms with E-state index in [1.165, 1.54) is 23.3 Å². The SMILES string of the molecule is O=C(Nc1ccccc1-c1ccccc1)OC1C[C@@H]2CN(Cc3ccc(CCOCCC(=O)N(CCNC[C@H](O)c4ccc(O)c5[nH]c(=O)ccc45)C4CC4)cc3)C[C@@H]2C1. The van der Waals surface area contributed by atoms with E-state index < -0.39 is 12.2 Å². The van der Waals surface area contributed by atoms with E-state index >= 15 is 0 Å². The molecule has 2 amide bonds. The molecule has 8 rings (SSSR count). The molecule has 4 atom stereocenters. The van der Waals surface area contributed by atoms with Crippen molar-refractivity contribution in [2.75, 3.05) is 51.3 Å². The van der Waals surface area contributed by atoms with Gasteiger partial charge < -0.3 is 34.9 Å². The number of aliphatic hydroxyl groups excluding tert-OH is 1. The van der Waals surface area contributed by atoms with Crippen LogP contribution in [0.2, 0.25) is 0 Å². The van der Waals surface area contributed by atoms with Gasteiger partial charge in [-0.2, -0.15) is 0 Å². The second-order valence-electron chi connectivity index (χ2n) is 16.5. The van der Waals surface area contributed by atoms with Gasteiger partial charge in [-0.15, -0.1) is 0 Å². The second-order valence-corrected chi connectivity index (χ2v) is 16.5. The number of nitrogens with one attached hydrogen (secondary N) is 3. The van der Waals surface area contributed by atoms with Crippen molar-refractivity contribution in [2.45, 2.75) is 63.3 Å². The third-order valence-corrected chi connectivity index (χ3v) is 12.2. The van der Waals surface area contributed by atoms with Gasteiger partial charge in [-0.1, -0.05) is 78.9 Å². The van der Waals surface area contributed by atoms with E-state index in [-0.39, 0.29) is 35.9 Å². The molecule has 0 bridgehead atoms. The Morgan fingerprint density at radius 2 is 1.60 bits per heavy atom. The summed E-state index contributed by atoms with van der Waals surface area (Å²) in [6.07, 6.45) is 3.60. The summed E-state index contributed by atoms with van der Waals surface area (Å²) in [6, 6.07) is 32.9. The molecule has 1 aliphatic heterocycles. The first-order valence-corrected chi connectivity index (χ1v) is 21.3. The molecule has 1 aromatic heterocycles. The minimum absolute atomic E-state index is 0.0470. The molecule has 5 N–H and O–H groups in total. The average Bonchev–Trinajstić information content (AvgIpc) is 3.93. The summed E-state index contributed by atoms with van der Waals surface area (Å²) < 4.78 is 11.8. The smallest absolute Gasteiger partial charge is 0.411 e. The minimum atomic E-state index is -0.854. The van der Waals surface area contributed by atoms with Crippen molar-refractivity contribution in [2.24, 2.45) is 11.8 Å². The van der Waals surface area contributed by atoms with Gasteiger partial charge in [0.2, 0.25) is 11.5 Å². The van der Waals surface area contributed by atoms with Crippen LogP contribution in [0.5, 0.6) is 5.75 Å². The quantitative estimate of drug-likeness (QED) is 0.0614. The number of amides is 2. The van der Waals surface area contributed by atoms with Gasteiger partial charge in [-0.3, -0.25) is 19.8 Å². The van der Waals surface area contributed by atoms with E-state index in [0.29, 0.717) is 61.0 Å². The van der Waals surface area contributed by atoms with Gasteiger partial charge >= 0.3 is 6.09 Å². The number of para-hydroxylation sites is 1. The number of ether oxygens (including phenoxy) is 2. The molecule has 5 aromatic rings. The zero-order valence-corrected chi connectivity index (χ0v) is 33.9. The highest BCUT2D eigenvalue weighted by Crippen LogP contribution is 2.40. The largest absolute Gasteiger partial charge is 0.506 e. The Morgan fingerprint density at radius 1 is 0.867 bits per heavy atom. The maximum Gasteiger partial charge on any atom is 0.411 e. The third-order valence-electron chi connectivity index (χ3n) is 12.2. The number of pyridine rings is 1. The summed E-state index contributed by atoms with van der Waals surface area (Å²) in [4.78, 5) is 44.8. The van der Waals surface area contributed by atoms with Crippen molar-refractivity contribution in [3.63, 3.8) is 0 Å². The van der Waals surface area contributed by atoms with Crippen LogP contribution < -0.4 is 16.2 Å². The van der Waals surface area contributed by atoms with Crippen molar-refractivity contribution in [3.05, 3.63) is 130 Å². The summed E-state index contributed by atoms with van der Waals surface area (Å²) >= 11 is 0. The van der Waals surface area contributed by atoms with Crippen LogP contribution >= 0.6 is 0 Å². The van der Waals surface area contributed by atoms with E-state index in [4.69, 9.17) is 9.47 Å². The molecule has 2 heterocycles. The Labute approximate surface area is 350 Å². The molecule has 3 aliphatic rings. The molecule has 0 spiro atoms. The van der Waals surface area contributed by atoms with Crippen LogP contribution in [0.3, 0.4) is 0 Å². The number of anilines is 1.